The summed E-state index contributed by atoms with van der Waals surface area (Å²) in [7, 11) is 1.28. The van der Waals surface area contributed by atoms with E-state index in [0.717, 1.165) is 18.4 Å². The number of anilines is 1. The third-order valence-electron chi connectivity index (χ3n) is 5.45. The molecule has 0 radical (unpaired) electrons. The van der Waals surface area contributed by atoms with Crippen LogP contribution in [0.25, 0.3) is 0 Å². The summed E-state index contributed by atoms with van der Waals surface area (Å²) in [6.45, 7) is 0.183. The standard InChI is InChI=1S/C24H21ClN2O5/c1-31-22(29)16-11-15(12-19(13-16)27-21(28)20-3-2-10-32-20)14-26-23(30)24(8-9-24)17-4-6-18(25)7-5-17/h2-7,10-13H,8-9,14H2,1H3,(H,26,30)(H,27,28). The predicted octanol–water partition coefficient (Wildman–Crippen LogP) is 4.32. The maximum Gasteiger partial charge on any atom is 0.337 e. The molecule has 1 aliphatic rings. The first kappa shape index (κ1) is 21.6. The van der Waals surface area contributed by atoms with E-state index < -0.39 is 17.3 Å². The van der Waals surface area contributed by atoms with Gasteiger partial charge in [-0.1, -0.05) is 23.7 Å². The molecule has 3 aromatic rings. The number of furan rings is 1. The maximum atomic E-state index is 13.0. The number of esters is 1. The van der Waals surface area contributed by atoms with E-state index in [-0.39, 0.29) is 23.8 Å². The highest BCUT2D eigenvalue weighted by atomic mass is 35.5. The first-order valence-corrected chi connectivity index (χ1v) is 10.4. The lowest BCUT2D eigenvalue weighted by Gasteiger charge is -2.17. The fraction of sp³-hybridized carbons (Fsp3) is 0.208. The first-order chi connectivity index (χ1) is 15.4. The number of ether oxygens (including phenoxy) is 1. The van der Waals surface area contributed by atoms with Crippen molar-refractivity contribution in [3.8, 4) is 0 Å². The molecule has 2 amide bonds. The van der Waals surface area contributed by atoms with E-state index in [2.05, 4.69) is 10.6 Å². The van der Waals surface area contributed by atoms with E-state index >= 15 is 0 Å². The number of nitrogens with one attached hydrogen (secondary N) is 2. The molecule has 1 aliphatic carbocycles. The van der Waals surface area contributed by atoms with Crippen molar-refractivity contribution in [2.24, 2.45) is 0 Å². The molecule has 0 saturated heterocycles. The van der Waals surface area contributed by atoms with E-state index in [1.54, 1.807) is 30.3 Å². The maximum absolute atomic E-state index is 13.0. The summed E-state index contributed by atoms with van der Waals surface area (Å²) in [6, 6.07) is 15.3. The molecule has 1 fully saturated rings. The molecule has 32 heavy (non-hydrogen) atoms. The Hall–Kier alpha value is -3.58. The molecule has 0 atom stereocenters. The number of halogens is 1. The molecule has 1 heterocycles. The van der Waals surface area contributed by atoms with E-state index in [9.17, 15) is 14.4 Å². The van der Waals surface area contributed by atoms with Crippen LogP contribution in [0.15, 0.2) is 65.3 Å². The third kappa shape index (κ3) is 4.53. The predicted molar refractivity (Wildman–Crippen MR) is 119 cm³/mol. The van der Waals surface area contributed by atoms with Gasteiger partial charge in [-0.25, -0.2) is 4.79 Å². The fourth-order valence-corrected chi connectivity index (χ4v) is 3.72. The van der Waals surface area contributed by atoms with Gasteiger partial charge in [0.1, 0.15) is 0 Å². The topological polar surface area (TPSA) is 97.6 Å². The number of methoxy groups -OCH3 is 1. The minimum atomic E-state index is -0.555. The van der Waals surface area contributed by atoms with Crippen molar-refractivity contribution < 1.29 is 23.5 Å². The van der Waals surface area contributed by atoms with Crippen LogP contribution >= 0.6 is 11.6 Å². The Bertz CT molecular complexity index is 1150. The molecule has 0 aliphatic heterocycles. The van der Waals surface area contributed by atoms with Gasteiger partial charge in [0.05, 0.1) is 24.4 Å². The summed E-state index contributed by atoms with van der Waals surface area (Å²) in [4.78, 5) is 37.4. The Balaban J connectivity index is 1.51. The van der Waals surface area contributed by atoms with E-state index in [0.29, 0.717) is 16.3 Å². The molecule has 7 nitrogen and oxygen atoms in total. The summed E-state index contributed by atoms with van der Waals surface area (Å²) in [5.74, 6) is -0.954. The number of benzene rings is 2. The minimum absolute atomic E-state index is 0.0931. The van der Waals surface area contributed by atoms with Gasteiger partial charge < -0.3 is 19.8 Å². The van der Waals surface area contributed by atoms with Gasteiger partial charge in [0.2, 0.25) is 5.91 Å². The van der Waals surface area contributed by atoms with Crippen LogP contribution in [-0.4, -0.2) is 24.9 Å². The molecule has 2 aromatic carbocycles. The van der Waals surface area contributed by atoms with Gasteiger partial charge in [-0.15, -0.1) is 0 Å². The van der Waals surface area contributed by atoms with E-state index in [1.165, 1.54) is 25.5 Å². The number of rotatable bonds is 7. The lowest BCUT2D eigenvalue weighted by molar-refractivity contribution is -0.123. The van der Waals surface area contributed by atoms with E-state index in [1.807, 2.05) is 12.1 Å². The molecule has 1 saturated carbocycles. The zero-order valence-corrected chi connectivity index (χ0v) is 18.1. The number of carbonyl (C=O) groups excluding carboxylic acids is 3. The van der Waals surface area contributed by atoms with Crippen LogP contribution in [0.1, 0.15) is 44.9 Å². The highest BCUT2D eigenvalue weighted by molar-refractivity contribution is 6.30. The van der Waals surface area contributed by atoms with Crippen molar-refractivity contribution in [3.63, 3.8) is 0 Å². The summed E-state index contributed by atoms with van der Waals surface area (Å²) in [6.07, 6.45) is 2.91. The third-order valence-corrected chi connectivity index (χ3v) is 5.70. The van der Waals surface area contributed by atoms with Crippen LogP contribution in [0.2, 0.25) is 5.02 Å². The quantitative estimate of drug-likeness (QED) is 0.520. The Kier molecular flexibility index (Phi) is 6.01. The number of carbonyl (C=O) groups is 3. The van der Waals surface area contributed by atoms with Gasteiger partial charge >= 0.3 is 5.97 Å². The average molecular weight is 453 g/mol. The molecule has 1 aromatic heterocycles. The van der Waals surface area contributed by atoms with Crippen molar-refractivity contribution in [2.45, 2.75) is 24.8 Å². The smallest absolute Gasteiger partial charge is 0.337 e. The molecule has 2 N–H and O–H groups in total. The fourth-order valence-electron chi connectivity index (χ4n) is 3.59. The normalized spacial score (nSPS) is 13.8. The molecular formula is C24H21ClN2O5. The zero-order chi connectivity index (χ0) is 22.7. The van der Waals surface area contributed by atoms with Crippen molar-refractivity contribution >= 4 is 35.1 Å². The monoisotopic (exact) mass is 452 g/mol. The number of hydrogen-bond acceptors (Lipinski definition) is 5. The second kappa shape index (κ2) is 8.88. The first-order valence-electron chi connectivity index (χ1n) is 10.0. The summed E-state index contributed by atoms with van der Waals surface area (Å²) in [5, 5.41) is 6.27. The van der Waals surface area contributed by atoms with Crippen molar-refractivity contribution in [1.29, 1.82) is 0 Å². The molecule has 8 heteroatoms. The Morgan fingerprint density at radius 3 is 2.47 bits per heavy atom. The van der Waals surface area contributed by atoms with Gasteiger partial charge in [-0.2, -0.15) is 0 Å². The lowest BCUT2D eigenvalue weighted by atomic mass is 9.95. The molecule has 4 rings (SSSR count). The highest BCUT2D eigenvalue weighted by Gasteiger charge is 2.51. The average Bonchev–Trinajstić information content (AvgIpc) is 3.42. The summed E-state index contributed by atoms with van der Waals surface area (Å²) >= 11 is 5.96. The minimum Gasteiger partial charge on any atom is -0.465 e. The molecule has 0 unspecified atom stereocenters. The number of hydrogen-bond donors (Lipinski definition) is 2. The second-order valence-corrected chi connectivity index (χ2v) is 8.05. The van der Waals surface area contributed by atoms with Gasteiger partial charge in [-0.3, -0.25) is 9.59 Å². The van der Waals surface area contributed by atoms with Gasteiger partial charge in [0.15, 0.2) is 5.76 Å². The Morgan fingerprint density at radius 2 is 1.84 bits per heavy atom. The van der Waals surface area contributed by atoms with Crippen molar-refractivity contribution in [2.75, 3.05) is 12.4 Å². The van der Waals surface area contributed by atoms with Crippen LogP contribution in [-0.2, 0) is 21.5 Å². The van der Waals surface area contributed by atoms with Gasteiger partial charge in [0, 0.05) is 17.3 Å². The summed E-state index contributed by atoms with van der Waals surface area (Å²) in [5.41, 5.74) is 1.66. The van der Waals surface area contributed by atoms with E-state index in [4.69, 9.17) is 20.8 Å². The van der Waals surface area contributed by atoms with Crippen LogP contribution in [0.4, 0.5) is 5.69 Å². The zero-order valence-electron chi connectivity index (χ0n) is 17.3. The SMILES string of the molecule is COC(=O)c1cc(CNC(=O)C2(c3ccc(Cl)cc3)CC2)cc(NC(=O)c2ccco2)c1. The summed E-state index contributed by atoms with van der Waals surface area (Å²) < 4.78 is 9.91. The van der Waals surface area contributed by atoms with Crippen LogP contribution < -0.4 is 10.6 Å². The molecular weight excluding hydrogens is 432 g/mol. The van der Waals surface area contributed by atoms with Crippen LogP contribution in [0.5, 0.6) is 0 Å². The van der Waals surface area contributed by atoms with Crippen LogP contribution in [0.3, 0.4) is 0 Å². The molecule has 0 bridgehead atoms. The Morgan fingerprint density at radius 1 is 1.09 bits per heavy atom. The van der Waals surface area contributed by atoms with Gasteiger partial charge in [-0.05, 0) is 66.4 Å². The lowest BCUT2D eigenvalue weighted by Crippen LogP contribution is -2.34. The van der Waals surface area contributed by atoms with Crippen molar-refractivity contribution in [1.82, 2.24) is 5.32 Å². The van der Waals surface area contributed by atoms with Crippen LogP contribution in [0, 0.1) is 0 Å². The highest BCUT2D eigenvalue weighted by Crippen LogP contribution is 2.48. The molecule has 164 valence electrons. The largest absolute Gasteiger partial charge is 0.465 e. The molecule has 0 spiro atoms. The van der Waals surface area contributed by atoms with Gasteiger partial charge in [0.25, 0.3) is 5.91 Å². The Labute approximate surface area is 189 Å². The number of amides is 2. The van der Waals surface area contributed by atoms with Crippen molar-refractivity contribution in [3.05, 3.63) is 88.3 Å². The second-order valence-electron chi connectivity index (χ2n) is 7.61.